The molecular weight excluding hydrogens is 322 g/mol. The smallest absolute Gasteiger partial charge is 0.251 e. The van der Waals surface area contributed by atoms with E-state index in [1.165, 1.54) is 0 Å². The molecule has 2 aromatic heterocycles. The second-order valence-corrected chi connectivity index (χ2v) is 6.73. The number of amides is 1. The molecule has 0 saturated heterocycles. The number of hydrogen-bond acceptors (Lipinski definition) is 5. The second-order valence-electron chi connectivity index (χ2n) is 5.84. The number of nitrogens with zero attached hydrogens (tertiary/aromatic N) is 3. The topological polar surface area (TPSA) is 83.6 Å². The third-order valence-corrected chi connectivity index (χ3v) is 4.69. The van der Waals surface area contributed by atoms with E-state index in [2.05, 4.69) is 39.3 Å². The van der Waals surface area contributed by atoms with Crippen molar-refractivity contribution in [3.8, 4) is 11.4 Å². The van der Waals surface area contributed by atoms with Crippen LogP contribution >= 0.6 is 11.3 Å². The molecule has 24 heavy (non-hydrogen) atoms. The fourth-order valence-electron chi connectivity index (χ4n) is 2.18. The summed E-state index contributed by atoms with van der Waals surface area (Å²) in [5.41, 5.74) is 2.37. The molecule has 0 fully saturated rings. The Morgan fingerprint density at radius 3 is 2.58 bits per heavy atom. The van der Waals surface area contributed by atoms with Gasteiger partial charge in [0.25, 0.3) is 5.91 Å². The lowest BCUT2D eigenvalue weighted by molar-refractivity contribution is 0.0950. The zero-order valence-corrected chi connectivity index (χ0v) is 14.6. The van der Waals surface area contributed by atoms with Crippen LogP contribution in [0.25, 0.3) is 11.4 Å². The monoisotopic (exact) mass is 341 g/mol. The first-order chi connectivity index (χ1) is 11.5. The molecule has 0 aliphatic heterocycles. The van der Waals surface area contributed by atoms with Crippen LogP contribution in [0.3, 0.4) is 0 Å². The second kappa shape index (κ2) is 6.92. The van der Waals surface area contributed by atoms with E-state index in [1.807, 2.05) is 24.4 Å². The van der Waals surface area contributed by atoms with Crippen molar-refractivity contribution in [2.45, 2.75) is 33.2 Å². The highest BCUT2D eigenvalue weighted by Gasteiger charge is 2.10. The molecule has 0 unspecified atom stereocenters. The first-order valence-electron chi connectivity index (χ1n) is 7.75. The van der Waals surface area contributed by atoms with Gasteiger partial charge in [-0.25, -0.2) is 9.97 Å². The standard InChI is InChI=1S/C17H19N5OS/c1-10(2)17-20-14(9-24-17)8-18-16(23)13-6-4-12(5-7-13)15-19-11(3)21-22-15/h4-7,9-10H,8H2,1-3H3,(H,18,23)(H,19,21,22). The van der Waals surface area contributed by atoms with Crippen LogP contribution in [0.5, 0.6) is 0 Å². The Balaban J connectivity index is 1.62. The number of aromatic amines is 1. The first kappa shape index (κ1) is 16.3. The highest BCUT2D eigenvalue weighted by atomic mass is 32.1. The minimum absolute atomic E-state index is 0.119. The number of benzene rings is 1. The van der Waals surface area contributed by atoms with Gasteiger partial charge in [0, 0.05) is 22.4 Å². The molecule has 2 N–H and O–H groups in total. The molecule has 0 saturated carbocycles. The quantitative estimate of drug-likeness (QED) is 0.746. The summed E-state index contributed by atoms with van der Waals surface area (Å²) in [6.07, 6.45) is 0. The van der Waals surface area contributed by atoms with Crippen LogP contribution in [0.4, 0.5) is 0 Å². The molecule has 0 bridgehead atoms. The Labute approximate surface area is 144 Å². The molecule has 0 atom stereocenters. The lowest BCUT2D eigenvalue weighted by Gasteiger charge is -2.04. The van der Waals surface area contributed by atoms with Gasteiger partial charge in [-0.3, -0.25) is 9.89 Å². The molecule has 1 aromatic carbocycles. The maximum atomic E-state index is 12.2. The molecule has 6 nitrogen and oxygen atoms in total. The number of nitrogens with one attached hydrogen (secondary N) is 2. The molecule has 1 amide bonds. The molecule has 0 aliphatic carbocycles. The number of carbonyl (C=O) groups excluding carboxylic acids is 1. The van der Waals surface area contributed by atoms with E-state index >= 15 is 0 Å². The molecule has 3 aromatic rings. The van der Waals surface area contributed by atoms with Crippen LogP contribution < -0.4 is 5.32 Å². The van der Waals surface area contributed by atoms with E-state index in [0.717, 1.165) is 22.1 Å². The fraction of sp³-hybridized carbons (Fsp3) is 0.294. The van der Waals surface area contributed by atoms with E-state index in [9.17, 15) is 4.79 Å². The van der Waals surface area contributed by atoms with E-state index in [0.29, 0.717) is 23.9 Å². The third kappa shape index (κ3) is 3.68. The van der Waals surface area contributed by atoms with Crippen molar-refractivity contribution in [2.24, 2.45) is 0 Å². The number of aromatic nitrogens is 4. The van der Waals surface area contributed by atoms with Gasteiger partial charge < -0.3 is 5.32 Å². The summed E-state index contributed by atoms with van der Waals surface area (Å²) in [6.45, 7) is 6.50. The Morgan fingerprint density at radius 2 is 2.00 bits per heavy atom. The lowest BCUT2D eigenvalue weighted by atomic mass is 10.1. The maximum Gasteiger partial charge on any atom is 0.251 e. The van der Waals surface area contributed by atoms with Crippen molar-refractivity contribution >= 4 is 17.2 Å². The molecule has 3 rings (SSSR count). The Kier molecular flexibility index (Phi) is 4.71. The van der Waals surface area contributed by atoms with Crippen molar-refractivity contribution in [2.75, 3.05) is 0 Å². The summed E-state index contributed by atoms with van der Waals surface area (Å²) < 4.78 is 0. The van der Waals surface area contributed by atoms with Gasteiger partial charge in [-0.2, -0.15) is 5.10 Å². The number of rotatable bonds is 5. The Morgan fingerprint density at radius 1 is 1.25 bits per heavy atom. The van der Waals surface area contributed by atoms with Crippen molar-refractivity contribution in [1.82, 2.24) is 25.5 Å². The normalized spacial score (nSPS) is 11.0. The predicted octanol–water partition coefficient (Wildman–Crippen LogP) is 3.29. The summed E-state index contributed by atoms with van der Waals surface area (Å²) in [5, 5.41) is 12.9. The molecule has 0 spiro atoms. The number of carbonyl (C=O) groups is 1. The Bertz CT molecular complexity index is 835. The zero-order valence-electron chi connectivity index (χ0n) is 13.8. The number of thiazole rings is 1. The third-order valence-electron chi connectivity index (χ3n) is 3.50. The average molecular weight is 341 g/mol. The lowest BCUT2D eigenvalue weighted by Crippen LogP contribution is -2.22. The van der Waals surface area contributed by atoms with E-state index in [1.54, 1.807) is 23.5 Å². The summed E-state index contributed by atoms with van der Waals surface area (Å²) in [4.78, 5) is 21.0. The van der Waals surface area contributed by atoms with Crippen LogP contribution in [0.1, 0.15) is 46.6 Å². The van der Waals surface area contributed by atoms with Crippen LogP contribution in [-0.4, -0.2) is 26.1 Å². The van der Waals surface area contributed by atoms with Crippen LogP contribution in [0, 0.1) is 6.92 Å². The van der Waals surface area contributed by atoms with Crippen molar-refractivity contribution in [1.29, 1.82) is 0 Å². The molecule has 0 radical (unpaired) electrons. The van der Waals surface area contributed by atoms with Crippen molar-refractivity contribution < 1.29 is 4.79 Å². The van der Waals surface area contributed by atoms with Crippen LogP contribution in [-0.2, 0) is 6.54 Å². The molecule has 7 heteroatoms. The minimum atomic E-state index is -0.119. The molecule has 2 heterocycles. The van der Waals surface area contributed by atoms with Gasteiger partial charge in [0.15, 0.2) is 5.82 Å². The fourth-order valence-corrected chi connectivity index (χ4v) is 3.02. The van der Waals surface area contributed by atoms with Gasteiger partial charge in [-0.1, -0.05) is 26.0 Å². The highest BCUT2D eigenvalue weighted by molar-refractivity contribution is 7.09. The summed E-state index contributed by atoms with van der Waals surface area (Å²) in [7, 11) is 0. The van der Waals surface area contributed by atoms with Gasteiger partial charge in [0.2, 0.25) is 0 Å². The Hall–Kier alpha value is -2.54. The first-order valence-corrected chi connectivity index (χ1v) is 8.63. The average Bonchev–Trinajstić information content (AvgIpc) is 3.22. The highest BCUT2D eigenvalue weighted by Crippen LogP contribution is 2.19. The maximum absolute atomic E-state index is 12.2. The van der Waals surface area contributed by atoms with Crippen molar-refractivity contribution in [3.05, 3.63) is 51.7 Å². The van der Waals surface area contributed by atoms with Crippen molar-refractivity contribution in [3.63, 3.8) is 0 Å². The van der Waals surface area contributed by atoms with Gasteiger partial charge in [-0.05, 0) is 19.1 Å². The van der Waals surface area contributed by atoms with E-state index in [4.69, 9.17) is 0 Å². The van der Waals surface area contributed by atoms with Crippen LogP contribution in [0.15, 0.2) is 29.6 Å². The predicted molar refractivity (Wildman–Crippen MR) is 93.9 cm³/mol. The van der Waals surface area contributed by atoms with Gasteiger partial charge in [0.05, 0.1) is 17.2 Å². The molecular formula is C17H19N5OS. The van der Waals surface area contributed by atoms with E-state index in [-0.39, 0.29) is 5.91 Å². The summed E-state index contributed by atoms with van der Waals surface area (Å²) in [5.74, 6) is 1.68. The summed E-state index contributed by atoms with van der Waals surface area (Å²) in [6, 6.07) is 7.24. The number of H-pyrrole nitrogens is 1. The minimum Gasteiger partial charge on any atom is -0.346 e. The SMILES string of the molecule is Cc1nc(-c2ccc(C(=O)NCc3csc(C(C)C)n3)cc2)n[nH]1. The molecule has 0 aliphatic rings. The van der Waals surface area contributed by atoms with E-state index < -0.39 is 0 Å². The van der Waals surface area contributed by atoms with Gasteiger partial charge in [0.1, 0.15) is 5.82 Å². The van der Waals surface area contributed by atoms with Gasteiger partial charge >= 0.3 is 0 Å². The number of hydrogen-bond donors (Lipinski definition) is 2. The molecule has 124 valence electrons. The number of aryl methyl sites for hydroxylation is 1. The summed E-state index contributed by atoms with van der Waals surface area (Å²) >= 11 is 1.63. The largest absolute Gasteiger partial charge is 0.346 e. The van der Waals surface area contributed by atoms with Gasteiger partial charge in [-0.15, -0.1) is 11.3 Å². The van der Waals surface area contributed by atoms with Crippen LogP contribution in [0.2, 0.25) is 0 Å². The zero-order chi connectivity index (χ0) is 17.1.